The first-order chi connectivity index (χ1) is 9.24. The Morgan fingerprint density at radius 3 is 3.00 bits per heavy atom. The normalized spacial score (nSPS) is 14.1. The zero-order valence-corrected chi connectivity index (χ0v) is 10.8. The Bertz CT molecular complexity index is 614. The highest BCUT2D eigenvalue weighted by Gasteiger charge is 2.15. The molecule has 3 rings (SSSR count). The fraction of sp³-hybridized carbons (Fsp3) is 0.357. The number of hydrogen-bond acceptors (Lipinski definition) is 3. The van der Waals surface area contributed by atoms with E-state index in [1.54, 1.807) is 6.20 Å². The minimum Gasteiger partial charge on any atom is -0.382 e. The maximum Gasteiger partial charge on any atom is 0.141 e. The second kappa shape index (κ2) is 4.84. The van der Waals surface area contributed by atoms with Crippen molar-refractivity contribution in [3.05, 3.63) is 47.3 Å². The molecule has 0 atom stereocenters. The summed E-state index contributed by atoms with van der Waals surface area (Å²) in [6, 6.07) is 3.83. The highest BCUT2D eigenvalue weighted by Crippen LogP contribution is 2.20. The van der Waals surface area contributed by atoms with Gasteiger partial charge in [0.05, 0.1) is 12.0 Å². The Morgan fingerprint density at radius 2 is 2.16 bits per heavy atom. The average molecular weight is 255 g/mol. The van der Waals surface area contributed by atoms with Gasteiger partial charge in [-0.05, 0) is 43.4 Å². The maximum atomic E-state index is 7.43. The van der Waals surface area contributed by atoms with Crippen molar-refractivity contribution in [3.63, 3.8) is 0 Å². The van der Waals surface area contributed by atoms with Crippen LogP contribution in [0, 0.1) is 5.41 Å². The number of aromatic nitrogens is 3. The van der Waals surface area contributed by atoms with E-state index in [0.717, 1.165) is 24.9 Å². The molecule has 2 aromatic rings. The summed E-state index contributed by atoms with van der Waals surface area (Å²) in [6.45, 7) is 0.769. The molecule has 2 aromatic heterocycles. The first-order valence-electron chi connectivity index (χ1n) is 6.56. The van der Waals surface area contributed by atoms with Gasteiger partial charge < -0.3 is 10.3 Å². The van der Waals surface area contributed by atoms with E-state index in [2.05, 4.69) is 14.5 Å². The van der Waals surface area contributed by atoms with Gasteiger partial charge >= 0.3 is 0 Å². The molecule has 0 fully saturated rings. The number of nitrogens with two attached hydrogens (primary N) is 1. The Morgan fingerprint density at radius 1 is 1.32 bits per heavy atom. The summed E-state index contributed by atoms with van der Waals surface area (Å²) in [7, 11) is 0. The summed E-state index contributed by atoms with van der Waals surface area (Å²) < 4.78 is 2.20. The molecule has 2 heterocycles. The van der Waals surface area contributed by atoms with Gasteiger partial charge in [0.25, 0.3) is 0 Å². The molecular weight excluding hydrogens is 238 g/mol. The molecule has 5 heteroatoms. The van der Waals surface area contributed by atoms with E-state index in [1.807, 2.05) is 18.5 Å². The highest BCUT2D eigenvalue weighted by atomic mass is 15.1. The van der Waals surface area contributed by atoms with Crippen LogP contribution in [0.5, 0.6) is 0 Å². The quantitative estimate of drug-likeness (QED) is 0.644. The summed E-state index contributed by atoms with van der Waals surface area (Å²) in [5.74, 6) is 0.00881. The van der Waals surface area contributed by atoms with E-state index in [9.17, 15) is 0 Å². The molecule has 0 saturated carbocycles. The number of nitrogen functional groups attached to an aromatic ring is 1. The van der Waals surface area contributed by atoms with E-state index in [0.29, 0.717) is 5.69 Å². The molecule has 0 saturated heterocycles. The standard InChI is InChI=1S/C14H17N5/c15-14(16)12-7-10(5-6-17-12)8-19-9-18-11-3-1-2-4-13(11)19/h5-7,9H,1-4,8H2,(H3,15,16). The third-order valence-corrected chi connectivity index (χ3v) is 3.56. The Labute approximate surface area is 112 Å². The molecule has 98 valence electrons. The molecule has 0 aliphatic heterocycles. The van der Waals surface area contributed by atoms with Gasteiger partial charge in [0.2, 0.25) is 0 Å². The number of imidazole rings is 1. The third-order valence-electron chi connectivity index (χ3n) is 3.56. The van der Waals surface area contributed by atoms with Crippen molar-refractivity contribution in [2.45, 2.75) is 32.2 Å². The van der Waals surface area contributed by atoms with Crippen LogP contribution in [0.2, 0.25) is 0 Å². The van der Waals surface area contributed by atoms with Gasteiger partial charge in [-0.1, -0.05) is 0 Å². The average Bonchev–Trinajstić information content (AvgIpc) is 2.83. The predicted molar refractivity (Wildman–Crippen MR) is 73.2 cm³/mol. The van der Waals surface area contributed by atoms with E-state index in [-0.39, 0.29) is 5.84 Å². The van der Waals surface area contributed by atoms with Crippen molar-refractivity contribution in [3.8, 4) is 0 Å². The first kappa shape index (κ1) is 11.9. The summed E-state index contributed by atoms with van der Waals surface area (Å²) in [5.41, 5.74) is 9.70. The minimum absolute atomic E-state index is 0.00881. The lowest BCUT2D eigenvalue weighted by Crippen LogP contribution is -2.14. The number of nitrogens with one attached hydrogen (secondary N) is 1. The molecule has 0 radical (unpaired) electrons. The van der Waals surface area contributed by atoms with E-state index in [1.165, 1.54) is 24.2 Å². The van der Waals surface area contributed by atoms with Gasteiger partial charge in [0.1, 0.15) is 11.5 Å². The molecule has 0 aromatic carbocycles. The number of amidine groups is 1. The van der Waals surface area contributed by atoms with E-state index >= 15 is 0 Å². The van der Waals surface area contributed by atoms with Crippen molar-refractivity contribution < 1.29 is 0 Å². The Balaban J connectivity index is 1.87. The molecule has 0 bridgehead atoms. The predicted octanol–water partition coefficient (Wildman–Crippen LogP) is 1.49. The smallest absolute Gasteiger partial charge is 0.141 e. The fourth-order valence-corrected chi connectivity index (χ4v) is 2.58. The van der Waals surface area contributed by atoms with Crippen LogP contribution < -0.4 is 5.73 Å². The summed E-state index contributed by atoms with van der Waals surface area (Å²) in [6.07, 6.45) is 8.32. The van der Waals surface area contributed by atoms with Gasteiger partial charge in [0.15, 0.2) is 0 Å². The van der Waals surface area contributed by atoms with Crippen LogP contribution in [0.15, 0.2) is 24.7 Å². The van der Waals surface area contributed by atoms with Crippen LogP contribution >= 0.6 is 0 Å². The Hall–Kier alpha value is -2.17. The van der Waals surface area contributed by atoms with Crippen LogP contribution in [-0.2, 0) is 19.4 Å². The number of pyridine rings is 1. The maximum absolute atomic E-state index is 7.43. The van der Waals surface area contributed by atoms with Crippen LogP contribution in [0.4, 0.5) is 0 Å². The molecule has 1 aliphatic carbocycles. The number of rotatable bonds is 3. The lowest BCUT2D eigenvalue weighted by molar-refractivity contribution is 0.628. The van der Waals surface area contributed by atoms with Crippen LogP contribution in [0.3, 0.4) is 0 Å². The molecule has 5 nitrogen and oxygen atoms in total. The van der Waals surface area contributed by atoms with Crippen molar-refractivity contribution in [2.24, 2.45) is 5.73 Å². The molecule has 3 N–H and O–H groups in total. The molecule has 1 aliphatic rings. The minimum atomic E-state index is 0.00881. The van der Waals surface area contributed by atoms with E-state index < -0.39 is 0 Å². The number of hydrogen-bond donors (Lipinski definition) is 2. The topological polar surface area (TPSA) is 80.6 Å². The van der Waals surface area contributed by atoms with Crippen molar-refractivity contribution in [1.29, 1.82) is 5.41 Å². The fourth-order valence-electron chi connectivity index (χ4n) is 2.58. The van der Waals surface area contributed by atoms with Crippen LogP contribution in [-0.4, -0.2) is 20.4 Å². The second-order valence-electron chi connectivity index (χ2n) is 4.94. The SMILES string of the molecule is N=C(N)c1cc(Cn2cnc3c2CCCC3)ccn1. The molecule has 19 heavy (non-hydrogen) atoms. The second-order valence-corrected chi connectivity index (χ2v) is 4.94. The van der Waals surface area contributed by atoms with Crippen molar-refractivity contribution in [2.75, 3.05) is 0 Å². The number of nitrogens with zero attached hydrogens (tertiary/aromatic N) is 3. The summed E-state index contributed by atoms with van der Waals surface area (Å²) in [5, 5.41) is 7.43. The Kier molecular flexibility index (Phi) is 3.03. The largest absolute Gasteiger partial charge is 0.382 e. The van der Waals surface area contributed by atoms with Crippen LogP contribution in [0.25, 0.3) is 0 Å². The van der Waals surface area contributed by atoms with Gasteiger partial charge in [-0.2, -0.15) is 0 Å². The van der Waals surface area contributed by atoms with Gasteiger partial charge in [-0.15, -0.1) is 0 Å². The zero-order chi connectivity index (χ0) is 13.2. The number of fused-ring (bicyclic) bond motifs is 1. The highest BCUT2D eigenvalue weighted by molar-refractivity contribution is 5.93. The third kappa shape index (κ3) is 2.36. The van der Waals surface area contributed by atoms with Crippen molar-refractivity contribution >= 4 is 5.84 Å². The summed E-state index contributed by atoms with van der Waals surface area (Å²) >= 11 is 0. The van der Waals surface area contributed by atoms with E-state index in [4.69, 9.17) is 11.1 Å². The van der Waals surface area contributed by atoms with Gasteiger partial charge in [0, 0.05) is 18.4 Å². The molecular formula is C14H17N5. The number of aryl methyl sites for hydroxylation is 1. The van der Waals surface area contributed by atoms with Gasteiger partial charge in [-0.25, -0.2) is 4.98 Å². The first-order valence-corrected chi connectivity index (χ1v) is 6.56. The summed E-state index contributed by atoms with van der Waals surface area (Å²) in [4.78, 5) is 8.57. The zero-order valence-electron chi connectivity index (χ0n) is 10.8. The van der Waals surface area contributed by atoms with Gasteiger partial charge in [-0.3, -0.25) is 10.4 Å². The molecule has 0 spiro atoms. The lowest BCUT2D eigenvalue weighted by Gasteiger charge is -2.14. The lowest BCUT2D eigenvalue weighted by atomic mass is 10.0. The molecule has 0 unspecified atom stereocenters. The molecule has 0 amide bonds. The van der Waals surface area contributed by atoms with Crippen molar-refractivity contribution in [1.82, 2.24) is 14.5 Å². The monoisotopic (exact) mass is 255 g/mol. The van der Waals surface area contributed by atoms with Crippen LogP contribution in [0.1, 0.15) is 35.5 Å².